The van der Waals surface area contributed by atoms with Gasteiger partial charge in [-0.05, 0) is 37.9 Å². The zero-order chi connectivity index (χ0) is 16.1. The number of methoxy groups -OCH3 is 1. The first-order valence-corrected chi connectivity index (χ1v) is 8.40. The molecule has 2 rings (SSSR count). The van der Waals surface area contributed by atoms with Crippen molar-refractivity contribution in [2.45, 2.75) is 13.3 Å². The van der Waals surface area contributed by atoms with Crippen molar-refractivity contribution in [1.29, 1.82) is 0 Å². The number of hydrogen-bond acceptors (Lipinski definition) is 5. The van der Waals surface area contributed by atoms with E-state index in [1.165, 1.54) is 18.3 Å². The number of amides is 1. The highest BCUT2D eigenvalue weighted by molar-refractivity contribution is 7.15. The van der Waals surface area contributed by atoms with Crippen LogP contribution in [0.5, 0.6) is 0 Å². The molecule has 1 unspecified atom stereocenters. The van der Waals surface area contributed by atoms with Gasteiger partial charge in [-0.15, -0.1) is 11.3 Å². The lowest BCUT2D eigenvalue weighted by Crippen LogP contribution is -2.33. The summed E-state index contributed by atoms with van der Waals surface area (Å²) in [4.78, 5) is 29.2. The second-order valence-electron chi connectivity index (χ2n) is 5.85. The second kappa shape index (κ2) is 7.85. The first-order valence-electron chi connectivity index (χ1n) is 7.58. The van der Waals surface area contributed by atoms with Gasteiger partial charge in [0.2, 0.25) is 0 Å². The predicted molar refractivity (Wildman–Crippen MR) is 87.7 cm³/mol. The number of carbonyl (C=O) groups excluding carboxylic acids is 2. The highest BCUT2D eigenvalue weighted by Gasteiger charge is 2.25. The van der Waals surface area contributed by atoms with Crippen molar-refractivity contribution < 1.29 is 14.3 Å². The predicted octanol–water partition coefficient (Wildman–Crippen LogP) is 1.99. The molecule has 6 heteroatoms. The first-order chi connectivity index (χ1) is 10.5. The van der Waals surface area contributed by atoms with Crippen LogP contribution in [0.1, 0.15) is 32.7 Å². The van der Waals surface area contributed by atoms with E-state index in [0.717, 1.165) is 39.2 Å². The smallest absolute Gasteiger partial charge is 0.263 e. The van der Waals surface area contributed by atoms with Crippen LogP contribution in [0, 0.1) is 5.92 Å². The number of carbonyl (C=O) groups is 2. The third-order valence-electron chi connectivity index (χ3n) is 4.02. The van der Waals surface area contributed by atoms with Crippen LogP contribution in [0.25, 0.3) is 0 Å². The maximum absolute atomic E-state index is 12.4. The molecule has 0 aliphatic carbocycles. The van der Waals surface area contributed by atoms with E-state index >= 15 is 0 Å². The van der Waals surface area contributed by atoms with E-state index in [-0.39, 0.29) is 11.7 Å². The van der Waals surface area contributed by atoms with Crippen molar-refractivity contribution in [3.8, 4) is 0 Å². The SMILES string of the molecule is COCCN1CCC(CN(C)C(=O)c2ccc(C(C)=O)s2)C1. The van der Waals surface area contributed by atoms with Gasteiger partial charge >= 0.3 is 0 Å². The Morgan fingerprint density at radius 1 is 1.41 bits per heavy atom. The van der Waals surface area contributed by atoms with Gasteiger partial charge in [0.1, 0.15) is 0 Å². The van der Waals surface area contributed by atoms with Crippen LogP contribution in [0.3, 0.4) is 0 Å². The van der Waals surface area contributed by atoms with Gasteiger partial charge in [0.25, 0.3) is 5.91 Å². The average Bonchev–Trinajstić information content (AvgIpc) is 3.13. The van der Waals surface area contributed by atoms with Gasteiger partial charge in [-0.1, -0.05) is 0 Å². The summed E-state index contributed by atoms with van der Waals surface area (Å²) < 4.78 is 5.11. The lowest BCUT2D eigenvalue weighted by Gasteiger charge is -2.21. The molecule has 2 heterocycles. The topological polar surface area (TPSA) is 49.9 Å². The van der Waals surface area contributed by atoms with E-state index in [1.807, 2.05) is 7.05 Å². The molecular weight excluding hydrogens is 300 g/mol. The third kappa shape index (κ3) is 4.38. The number of ether oxygens (including phenoxy) is 1. The van der Waals surface area contributed by atoms with Gasteiger partial charge in [-0.2, -0.15) is 0 Å². The van der Waals surface area contributed by atoms with Gasteiger partial charge in [-0.3, -0.25) is 9.59 Å². The molecule has 0 N–H and O–H groups in total. The summed E-state index contributed by atoms with van der Waals surface area (Å²) in [5.74, 6) is 0.530. The van der Waals surface area contributed by atoms with Gasteiger partial charge in [0.15, 0.2) is 5.78 Å². The molecular formula is C16H24N2O3S. The van der Waals surface area contributed by atoms with Crippen LogP contribution in [0.4, 0.5) is 0 Å². The standard InChI is InChI=1S/C16H24N2O3S/c1-12(19)14-4-5-15(22-14)16(20)17(2)10-13-6-7-18(11-13)8-9-21-3/h4-5,13H,6-11H2,1-3H3. The number of Topliss-reactive ketones (excluding diaryl/α,β-unsaturated/α-hetero) is 1. The van der Waals surface area contributed by atoms with Crippen molar-refractivity contribution in [3.05, 3.63) is 21.9 Å². The van der Waals surface area contributed by atoms with Crippen molar-refractivity contribution in [3.63, 3.8) is 0 Å². The maximum Gasteiger partial charge on any atom is 0.263 e. The molecule has 1 amide bonds. The van der Waals surface area contributed by atoms with E-state index in [2.05, 4.69) is 4.90 Å². The Labute approximate surface area is 135 Å². The Bertz CT molecular complexity index is 529. The molecule has 1 aromatic rings. The number of rotatable bonds is 7. The van der Waals surface area contributed by atoms with Crippen molar-refractivity contribution >= 4 is 23.0 Å². The monoisotopic (exact) mass is 324 g/mol. The molecule has 1 aromatic heterocycles. The largest absolute Gasteiger partial charge is 0.383 e. The molecule has 22 heavy (non-hydrogen) atoms. The summed E-state index contributed by atoms with van der Waals surface area (Å²) in [6.45, 7) is 6.09. The minimum absolute atomic E-state index is 0.00726. The molecule has 122 valence electrons. The summed E-state index contributed by atoms with van der Waals surface area (Å²) in [5, 5.41) is 0. The Kier molecular flexibility index (Phi) is 6.11. The Morgan fingerprint density at radius 3 is 2.77 bits per heavy atom. The summed E-state index contributed by atoms with van der Waals surface area (Å²) >= 11 is 1.28. The van der Waals surface area contributed by atoms with E-state index in [9.17, 15) is 9.59 Å². The molecule has 1 aliphatic heterocycles. The van der Waals surface area contributed by atoms with Gasteiger partial charge in [-0.25, -0.2) is 0 Å². The van der Waals surface area contributed by atoms with Crippen LogP contribution in [-0.2, 0) is 4.74 Å². The lowest BCUT2D eigenvalue weighted by molar-refractivity contribution is 0.0776. The highest BCUT2D eigenvalue weighted by atomic mass is 32.1. The summed E-state index contributed by atoms with van der Waals surface area (Å²) in [6, 6.07) is 3.48. The molecule has 0 aromatic carbocycles. The normalized spacial score (nSPS) is 18.6. The van der Waals surface area contributed by atoms with Gasteiger partial charge in [0, 0.05) is 33.8 Å². The highest BCUT2D eigenvalue weighted by Crippen LogP contribution is 2.21. The molecule has 0 spiro atoms. The van der Waals surface area contributed by atoms with Crippen molar-refractivity contribution in [1.82, 2.24) is 9.80 Å². The molecule has 0 radical (unpaired) electrons. The Morgan fingerprint density at radius 2 is 2.14 bits per heavy atom. The molecule has 0 bridgehead atoms. The fraction of sp³-hybridized carbons (Fsp3) is 0.625. The first kappa shape index (κ1) is 17.1. The molecule has 1 atom stereocenters. The second-order valence-corrected chi connectivity index (χ2v) is 6.94. The van der Waals surface area contributed by atoms with Crippen LogP contribution in [0.2, 0.25) is 0 Å². The van der Waals surface area contributed by atoms with Crippen molar-refractivity contribution in [2.75, 3.05) is 46.9 Å². The van der Waals surface area contributed by atoms with Crippen molar-refractivity contribution in [2.24, 2.45) is 5.92 Å². The molecule has 5 nitrogen and oxygen atoms in total. The number of likely N-dealkylation sites (tertiary alicyclic amines) is 1. The van der Waals surface area contributed by atoms with E-state index in [4.69, 9.17) is 4.74 Å². The maximum atomic E-state index is 12.4. The number of nitrogens with zero attached hydrogens (tertiary/aromatic N) is 2. The number of thiophene rings is 1. The quantitative estimate of drug-likeness (QED) is 0.720. The molecule has 0 saturated carbocycles. The number of hydrogen-bond donors (Lipinski definition) is 0. The fourth-order valence-electron chi connectivity index (χ4n) is 2.79. The minimum atomic E-state index is 0.00726. The molecule has 1 fully saturated rings. The van der Waals surface area contributed by atoms with Crippen LogP contribution < -0.4 is 0 Å². The lowest BCUT2D eigenvalue weighted by atomic mass is 10.1. The van der Waals surface area contributed by atoms with E-state index < -0.39 is 0 Å². The number of ketones is 1. The molecule has 1 aliphatic rings. The van der Waals surface area contributed by atoms with Crippen LogP contribution in [-0.4, -0.2) is 68.4 Å². The van der Waals surface area contributed by atoms with Gasteiger partial charge < -0.3 is 14.5 Å². The molecule has 1 saturated heterocycles. The average molecular weight is 324 g/mol. The van der Waals surface area contributed by atoms with Crippen LogP contribution >= 0.6 is 11.3 Å². The zero-order valence-corrected chi connectivity index (χ0v) is 14.3. The van der Waals surface area contributed by atoms with Gasteiger partial charge in [0.05, 0.1) is 16.4 Å². The zero-order valence-electron chi connectivity index (χ0n) is 13.5. The van der Waals surface area contributed by atoms with E-state index in [0.29, 0.717) is 15.7 Å². The van der Waals surface area contributed by atoms with E-state index in [1.54, 1.807) is 24.1 Å². The Balaban J connectivity index is 1.85. The Hall–Kier alpha value is -1.24. The fourth-order valence-corrected chi connectivity index (χ4v) is 3.68. The minimum Gasteiger partial charge on any atom is -0.383 e. The summed E-state index contributed by atoms with van der Waals surface area (Å²) in [5.41, 5.74) is 0. The summed E-state index contributed by atoms with van der Waals surface area (Å²) in [6.07, 6.45) is 1.12. The summed E-state index contributed by atoms with van der Waals surface area (Å²) in [7, 11) is 3.56. The van der Waals surface area contributed by atoms with Crippen LogP contribution in [0.15, 0.2) is 12.1 Å². The third-order valence-corrected chi connectivity index (χ3v) is 5.20.